The van der Waals surface area contributed by atoms with E-state index in [2.05, 4.69) is 11.0 Å². The van der Waals surface area contributed by atoms with E-state index in [1.807, 2.05) is 6.92 Å². The second kappa shape index (κ2) is 6.11. The van der Waals surface area contributed by atoms with Gasteiger partial charge in [0.15, 0.2) is 5.17 Å². The molecule has 20 heavy (non-hydrogen) atoms. The number of thiophene rings is 1. The van der Waals surface area contributed by atoms with E-state index in [1.165, 1.54) is 22.7 Å². The molecular formula is C12H14N2O3S3. The number of carbonyl (C=O) groups is 1. The van der Waals surface area contributed by atoms with Gasteiger partial charge in [0.05, 0.1) is 5.25 Å². The third-order valence-corrected chi connectivity index (χ3v) is 6.75. The van der Waals surface area contributed by atoms with E-state index in [0.717, 1.165) is 11.3 Å². The van der Waals surface area contributed by atoms with Crippen LogP contribution in [0.5, 0.6) is 0 Å². The summed E-state index contributed by atoms with van der Waals surface area (Å²) < 4.78 is 28.3. The van der Waals surface area contributed by atoms with Crippen LogP contribution in [0.1, 0.15) is 13.3 Å². The average Bonchev–Trinajstić information content (AvgIpc) is 3.02. The number of rotatable bonds is 5. The first-order valence-electron chi connectivity index (χ1n) is 5.97. The van der Waals surface area contributed by atoms with Crippen LogP contribution in [0.15, 0.2) is 38.8 Å². The molecule has 1 aromatic rings. The topological polar surface area (TPSA) is 66.8 Å². The Morgan fingerprint density at radius 1 is 1.55 bits per heavy atom. The Morgan fingerprint density at radius 3 is 2.85 bits per heavy atom. The zero-order valence-corrected chi connectivity index (χ0v) is 13.3. The zero-order valence-electron chi connectivity index (χ0n) is 10.9. The first-order valence-corrected chi connectivity index (χ1v) is 9.17. The molecule has 0 aliphatic carbocycles. The summed E-state index contributed by atoms with van der Waals surface area (Å²) in [5.74, 6) is -0.113. The Balaban J connectivity index is 2.37. The van der Waals surface area contributed by atoms with Gasteiger partial charge >= 0.3 is 0 Å². The lowest BCUT2D eigenvalue weighted by atomic mass is 10.3. The van der Waals surface area contributed by atoms with Crippen molar-refractivity contribution < 1.29 is 13.2 Å². The molecule has 1 amide bonds. The second-order valence-corrected chi connectivity index (χ2v) is 7.98. The lowest BCUT2D eigenvalue weighted by Crippen LogP contribution is -2.32. The van der Waals surface area contributed by atoms with Gasteiger partial charge in [0, 0.05) is 6.54 Å². The lowest BCUT2D eigenvalue weighted by Gasteiger charge is -2.13. The second-order valence-electron chi connectivity index (χ2n) is 4.03. The van der Waals surface area contributed by atoms with Gasteiger partial charge in [0.2, 0.25) is 5.91 Å². The molecule has 0 radical (unpaired) electrons. The highest BCUT2D eigenvalue weighted by Crippen LogP contribution is 2.31. The quantitative estimate of drug-likeness (QED) is 0.777. The predicted molar refractivity (Wildman–Crippen MR) is 82.5 cm³/mol. The molecule has 0 aromatic carbocycles. The normalized spacial score (nSPS) is 21.6. The summed E-state index contributed by atoms with van der Waals surface area (Å²) in [6, 6.07) is 3.15. The highest BCUT2D eigenvalue weighted by atomic mass is 32.2. The van der Waals surface area contributed by atoms with Gasteiger partial charge in [-0.15, -0.1) is 22.3 Å². The van der Waals surface area contributed by atoms with Crippen LogP contribution in [-0.4, -0.2) is 36.2 Å². The molecule has 1 aliphatic rings. The van der Waals surface area contributed by atoms with Gasteiger partial charge in [-0.2, -0.15) is 8.42 Å². The minimum absolute atomic E-state index is 0.113. The Kier molecular flexibility index (Phi) is 4.66. The third kappa shape index (κ3) is 2.97. The summed E-state index contributed by atoms with van der Waals surface area (Å²) in [7, 11) is -3.75. The van der Waals surface area contributed by atoms with E-state index < -0.39 is 10.0 Å². The van der Waals surface area contributed by atoms with E-state index >= 15 is 0 Å². The predicted octanol–water partition coefficient (Wildman–Crippen LogP) is 2.33. The van der Waals surface area contributed by atoms with Crippen LogP contribution in [0.25, 0.3) is 0 Å². The molecule has 0 bridgehead atoms. The molecule has 1 atom stereocenters. The fraction of sp³-hybridized carbons (Fsp3) is 0.333. The van der Waals surface area contributed by atoms with Gasteiger partial charge in [-0.1, -0.05) is 30.8 Å². The molecule has 5 nitrogen and oxygen atoms in total. The van der Waals surface area contributed by atoms with Crippen LogP contribution in [-0.2, 0) is 14.8 Å². The van der Waals surface area contributed by atoms with E-state index in [1.54, 1.807) is 17.5 Å². The highest BCUT2D eigenvalue weighted by molar-refractivity contribution is 8.16. The van der Waals surface area contributed by atoms with Crippen LogP contribution in [0, 0.1) is 0 Å². The third-order valence-electron chi connectivity index (χ3n) is 2.65. The Morgan fingerprint density at radius 2 is 2.30 bits per heavy atom. The van der Waals surface area contributed by atoms with Crippen LogP contribution in [0.2, 0.25) is 0 Å². The first-order chi connectivity index (χ1) is 9.49. The summed E-state index contributed by atoms with van der Waals surface area (Å²) in [6.07, 6.45) is 2.19. The molecule has 1 unspecified atom stereocenters. The Bertz CT molecular complexity index is 635. The van der Waals surface area contributed by atoms with Gasteiger partial charge in [-0.05, 0) is 17.9 Å². The standard InChI is InChI=1S/C12H14N2O3S3/c1-3-7-14-11(15)9(4-2)19-12(14)13-20(16,17)10-6-5-8-18-10/h3,5-6,8-9H,1,4,7H2,2H3. The van der Waals surface area contributed by atoms with Crippen molar-refractivity contribution in [2.24, 2.45) is 4.40 Å². The summed E-state index contributed by atoms with van der Waals surface area (Å²) in [5.41, 5.74) is 0. The molecule has 0 saturated carbocycles. The largest absolute Gasteiger partial charge is 0.294 e. The van der Waals surface area contributed by atoms with E-state index in [0.29, 0.717) is 6.42 Å². The van der Waals surface area contributed by atoms with Gasteiger partial charge in [-0.25, -0.2) is 0 Å². The first kappa shape index (κ1) is 15.3. The van der Waals surface area contributed by atoms with E-state index in [9.17, 15) is 13.2 Å². The average molecular weight is 330 g/mol. The highest BCUT2D eigenvalue weighted by Gasteiger charge is 2.37. The number of sulfonamides is 1. The molecule has 1 aliphatic heterocycles. The van der Waals surface area contributed by atoms with Crippen molar-refractivity contribution in [3.8, 4) is 0 Å². The molecule has 0 N–H and O–H groups in total. The van der Waals surface area contributed by atoms with Crippen molar-refractivity contribution in [1.29, 1.82) is 0 Å². The number of nitrogens with zero attached hydrogens (tertiary/aromatic N) is 2. The van der Waals surface area contributed by atoms with E-state index in [-0.39, 0.29) is 27.1 Å². The Hall–Kier alpha value is -1.12. The van der Waals surface area contributed by atoms with Crippen LogP contribution < -0.4 is 0 Å². The van der Waals surface area contributed by atoms with Crippen molar-refractivity contribution >= 4 is 44.2 Å². The SMILES string of the molecule is C=CCN1C(=O)C(CC)SC1=NS(=O)(=O)c1cccs1. The van der Waals surface area contributed by atoms with Gasteiger partial charge < -0.3 is 0 Å². The van der Waals surface area contributed by atoms with Crippen LogP contribution >= 0.6 is 23.1 Å². The van der Waals surface area contributed by atoms with Gasteiger partial charge in [0.25, 0.3) is 10.0 Å². The number of amidine groups is 1. The van der Waals surface area contributed by atoms with Crippen LogP contribution in [0.3, 0.4) is 0 Å². The van der Waals surface area contributed by atoms with E-state index in [4.69, 9.17) is 0 Å². The van der Waals surface area contributed by atoms with Crippen molar-refractivity contribution in [2.45, 2.75) is 22.8 Å². The van der Waals surface area contributed by atoms with Crippen molar-refractivity contribution in [2.75, 3.05) is 6.54 Å². The maximum atomic E-state index is 12.1. The zero-order chi connectivity index (χ0) is 14.8. The van der Waals surface area contributed by atoms with Gasteiger partial charge in [-0.3, -0.25) is 9.69 Å². The van der Waals surface area contributed by atoms with Crippen molar-refractivity contribution in [1.82, 2.24) is 4.90 Å². The van der Waals surface area contributed by atoms with Crippen molar-refractivity contribution in [3.05, 3.63) is 30.2 Å². The minimum atomic E-state index is -3.75. The van der Waals surface area contributed by atoms with Crippen LogP contribution in [0.4, 0.5) is 0 Å². The lowest BCUT2D eigenvalue weighted by molar-refractivity contribution is -0.125. The molecule has 108 valence electrons. The maximum absolute atomic E-state index is 12.1. The summed E-state index contributed by atoms with van der Waals surface area (Å²) in [5, 5.41) is 1.64. The summed E-state index contributed by atoms with van der Waals surface area (Å²) >= 11 is 2.30. The smallest absolute Gasteiger partial charge is 0.286 e. The fourth-order valence-electron chi connectivity index (χ4n) is 1.69. The molecule has 8 heteroatoms. The number of amides is 1. The molecular weight excluding hydrogens is 316 g/mol. The summed E-state index contributed by atoms with van der Waals surface area (Å²) in [6.45, 7) is 5.74. The number of hydrogen-bond acceptors (Lipinski definition) is 5. The van der Waals surface area contributed by atoms with Crippen molar-refractivity contribution in [3.63, 3.8) is 0 Å². The molecule has 1 saturated heterocycles. The number of thioether (sulfide) groups is 1. The summed E-state index contributed by atoms with van der Waals surface area (Å²) in [4.78, 5) is 13.5. The molecule has 1 aromatic heterocycles. The number of hydrogen-bond donors (Lipinski definition) is 0. The monoisotopic (exact) mass is 330 g/mol. The molecule has 1 fully saturated rings. The Labute approximate surface area is 126 Å². The van der Waals surface area contributed by atoms with Gasteiger partial charge in [0.1, 0.15) is 4.21 Å². The minimum Gasteiger partial charge on any atom is -0.286 e. The molecule has 2 heterocycles. The fourth-order valence-corrected chi connectivity index (χ4v) is 4.96. The maximum Gasteiger partial charge on any atom is 0.294 e. The number of carbonyl (C=O) groups excluding carboxylic acids is 1. The molecule has 2 rings (SSSR count). The molecule has 0 spiro atoms.